The second kappa shape index (κ2) is 8.59. The van der Waals surface area contributed by atoms with Gasteiger partial charge in [0, 0.05) is 17.4 Å². The third-order valence-corrected chi connectivity index (χ3v) is 5.76. The Kier molecular flexibility index (Phi) is 5.21. The highest BCUT2D eigenvalue weighted by molar-refractivity contribution is 6.00. The number of fused-ring (bicyclic) bond motifs is 2. The Balaban J connectivity index is 1.36. The first-order valence-electron chi connectivity index (χ1n) is 11.1. The number of aromatic amines is 1. The van der Waals surface area contributed by atoms with E-state index in [0.717, 1.165) is 28.6 Å². The molecule has 0 amide bonds. The van der Waals surface area contributed by atoms with Crippen molar-refractivity contribution in [3.05, 3.63) is 78.4 Å². The first kappa shape index (κ1) is 22.5. The fourth-order valence-corrected chi connectivity index (χ4v) is 4.05. The lowest BCUT2D eigenvalue weighted by atomic mass is 10.1. The van der Waals surface area contributed by atoms with Gasteiger partial charge in [-0.1, -0.05) is 5.16 Å². The van der Waals surface area contributed by atoms with E-state index in [0.29, 0.717) is 45.3 Å². The van der Waals surface area contributed by atoms with Gasteiger partial charge in [-0.25, -0.2) is 15.0 Å². The summed E-state index contributed by atoms with van der Waals surface area (Å²) in [6, 6.07) is 12.2. The number of anilines is 4. The topological polar surface area (TPSA) is 117 Å². The maximum Gasteiger partial charge on any atom is 0.416 e. The number of benzene rings is 2. The van der Waals surface area contributed by atoms with Crippen molar-refractivity contribution >= 4 is 45.0 Å². The normalized spacial score (nSPS) is 11.8. The van der Waals surface area contributed by atoms with E-state index < -0.39 is 11.7 Å². The molecule has 4 heterocycles. The van der Waals surface area contributed by atoms with Crippen LogP contribution in [0.1, 0.15) is 11.1 Å². The number of alkyl halides is 3. The molecule has 0 unspecified atom stereocenters. The van der Waals surface area contributed by atoms with Crippen molar-refractivity contribution < 1.29 is 17.7 Å². The quantitative estimate of drug-likeness (QED) is 0.249. The summed E-state index contributed by atoms with van der Waals surface area (Å²) in [5.41, 5.74) is 3.67. The molecular formula is C25H17F3N8O. The summed E-state index contributed by atoms with van der Waals surface area (Å²) < 4.78 is 44.3. The summed E-state index contributed by atoms with van der Waals surface area (Å²) >= 11 is 0. The number of aryl methyl sites for hydroxylation is 1. The predicted molar refractivity (Wildman–Crippen MR) is 132 cm³/mol. The van der Waals surface area contributed by atoms with Gasteiger partial charge in [0.2, 0.25) is 0 Å². The van der Waals surface area contributed by atoms with Crippen LogP contribution in [0.15, 0.2) is 71.8 Å². The molecule has 0 aliphatic heterocycles. The zero-order valence-corrected chi connectivity index (χ0v) is 19.1. The second-order valence-corrected chi connectivity index (χ2v) is 8.30. The van der Waals surface area contributed by atoms with Crippen LogP contribution >= 0.6 is 0 Å². The van der Waals surface area contributed by atoms with Gasteiger partial charge in [0.25, 0.3) is 0 Å². The van der Waals surface area contributed by atoms with Crippen molar-refractivity contribution in [1.29, 1.82) is 0 Å². The van der Waals surface area contributed by atoms with E-state index in [1.54, 1.807) is 18.5 Å². The van der Waals surface area contributed by atoms with Crippen molar-refractivity contribution in [2.45, 2.75) is 13.1 Å². The minimum atomic E-state index is -4.41. The maximum absolute atomic E-state index is 12.9. The van der Waals surface area contributed by atoms with Crippen LogP contribution in [-0.4, -0.2) is 30.3 Å². The van der Waals surface area contributed by atoms with E-state index in [9.17, 15) is 13.2 Å². The average Bonchev–Trinajstić information content (AvgIpc) is 3.52. The van der Waals surface area contributed by atoms with E-state index >= 15 is 0 Å². The van der Waals surface area contributed by atoms with Crippen LogP contribution in [-0.2, 0) is 6.18 Å². The molecule has 0 saturated heterocycles. The first-order valence-corrected chi connectivity index (χ1v) is 11.1. The van der Waals surface area contributed by atoms with Gasteiger partial charge < -0.3 is 15.2 Å². The van der Waals surface area contributed by atoms with Crippen LogP contribution in [0.2, 0.25) is 0 Å². The summed E-state index contributed by atoms with van der Waals surface area (Å²) in [6.45, 7) is 1.91. The highest BCUT2D eigenvalue weighted by Gasteiger charge is 2.30. The average molecular weight is 502 g/mol. The van der Waals surface area contributed by atoms with Gasteiger partial charge in [0.15, 0.2) is 17.0 Å². The molecule has 3 N–H and O–H groups in total. The molecule has 0 fully saturated rings. The zero-order valence-electron chi connectivity index (χ0n) is 19.1. The standard InChI is InChI=1S/C25H17F3N8O/c1-13-9-17-21(37-36-24(17)33-15-6-4-14(5-7-15)25(26,27)28)19(10-13)34-22-16(3-2-8-29-22)20-18-11-32-35-23(18)31-12-30-20/h2-12H,1H3,(H,29,34)(H,33,36)(H,30,31,32,35). The smallest absolute Gasteiger partial charge is 0.352 e. The Morgan fingerprint density at radius 3 is 2.57 bits per heavy atom. The number of nitrogens with one attached hydrogen (secondary N) is 3. The molecule has 0 atom stereocenters. The Morgan fingerprint density at radius 2 is 1.76 bits per heavy atom. The summed E-state index contributed by atoms with van der Waals surface area (Å²) in [5.74, 6) is 0.905. The molecule has 0 bridgehead atoms. The van der Waals surface area contributed by atoms with Gasteiger partial charge in [0.1, 0.15) is 12.1 Å². The van der Waals surface area contributed by atoms with E-state index in [4.69, 9.17) is 4.52 Å². The third kappa shape index (κ3) is 4.18. The molecule has 0 aliphatic carbocycles. The van der Waals surface area contributed by atoms with Crippen LogP contribution in [0.4, 0.5) is 36.2 Å². The van der Waals surface area contributed by atoms with E-state index in [2.05, 4.69) is 40.9 Å². The van der Waals surface area contributed by atoms with Crippen LogP contribution in [0.25, 0.3) is 33.3 Å². The largest absolute Gasteiger partial charge is 0.416 e. The van der Waals surface area contributed by atoms with Crippen molar-refractivity contribution in [3.63, 3.8) is 0 Å². The number of aromatic nitrogens is 6. The van der Waals surface area contributed by atoms with E-state index in [-0.39, 0.29) is 0 Å². The molecule has 6 aromatic rings. The number of hydrogen-bond donors (Lipinski definition) is 3. The molecule has 184 valence electrons. The summed E-state index contributed by atoms with van der Waals surface area (Å²) in [7, 11) is 0. The van der Waals surface area contributed by atoms with Crippen molar-refractivity contribution in [3.8, 4) is 11.3 Å². The lowest BCUT2D eigenvalue weighted by Crippen LogP contribution is -2.04. The molecule has 4 aromatic heterocycles. The molecular weight excluding hydrogens is 485 g/mol. The van der Waals surface area contributed by atoms with Crippen LogP contribution in [0, 0.1) is 6.92 Å². The summed E-state index contributed by atoms with van der Waals surface area (Å²) in [5, 5.41) is 18.8. The first-order chi connectivity index (χ1) is 17.9. The van der Waals surface area contributed by atoms with Gasteiger partial charge in [-0.3, -0.25) is 5.10 Å². The molecule has 0 spiro atoms. The molecule has 0 radical (unpaired) electrons. The van der Waals surface area contributed by atoms with Crippen molar-refractivity contribution in [1.82, 2.24) is 30.3 Å². The number of pyridine rings is 1. The van der Waals surface area contributed by atoms with Gasteiger partial charge in [-0.2, -0.15) is 18.3 Å². The number of hydrogen-bond acceptors (Lipinski definition) is 8. The molecule has 9 nitrogen and oxygen atoms in total. The van der Waals surface area contributed by atoms with Crippen LogP contribution < -0.4 is 10.6 Å². The minimum absolute atomic E-state index is 0.374. The van der Waals surface area contributed by atoms with Gasteiger partial charge in [-0.05, 0) is 61.0 Å². The molecule has 12 heteroatoms. The Morgan fingerprint density at radius 1 is 0.919 bits per heavy atom. The third-order valence-electron chi connectivity index (χ3n) is 5.76. The van der Waals surface area contributed by atoms with E-state index in [1.807, 2.05) is 25.1 Å². The van der Waals surface area contributed by atoms with E-state index in [1.165, 1.54) is 18.5 Å². The molecule has 0 saturated carbocycles. The van der Waals surface area contributed by atoms with Crippen LogP contribution in [0.5, 0.6) is 0 Å². The zero-order chi connectivity index (χ0) is 25.6. The van der Waals surface area contributed by atoms with Crippen LogP contribution in [0.3, 0.4) is 0 Å². The molecule has 0 aliphatic rings. The SMILES string of the molecule is Cc1cc(Nc2ncccc2-c2ncnc3[nH]ncc23)c2onc(Nc3ccc(C(F)(F)F)cc3)c2c1. The molecule has 37 heavy (non-hydrogen) atoms. The Hall–Kier alpha value is -5.00. The number of H-pyrrole nitrogens is 1. The maximum atomic E-state index is 12.9. The minimum Gasteiger partial charge on any atom is -0.352 e. The predicted octanol–water partition coefficient (Wildman–Crippen LogP) is 6.37. The highest BCUT2D eigenvalue weighted by atomic mass is 19.4. The lowest BCUT2D eigenvalue weighted by molar-refractivity contribution is -0.137. The van der Waals surface area contributed by atoms with Gasteiger partial charge in [0.05, 0.1) is 33.9 Å². The van der Waals surface area contributed by atoms with Gasteiger partial charge >= 0.3 is 6.18 Å². The summed E-state index contributed by atoms with van der Waals surface area (Å²) in [4.78, 5) is 13.1. The fraction of sp³-hybridized carbons (Fsp3) is 0.0800. The summed E-state index contributed by atoms with van der Waals surface area (Å²) in [6.07, 6.45) is 0.357. The lowest BCUT2D eigenvalue weighted by Gasteiger charge is -2.12. The van der Waals surface area contributed by atoms with Crippen molar-refractivity contribution in [2.24, 2.45) is 0 Å². The van der Waals surface area contributed by atoms with Gasteiger partial charge in [-0.15, -0.1) is 0 Å². The Bertz CT molecular complexity index is 1740. The molecule has 6 rings (SSSR count). The fourth-order valence-electron chi connectivity index (χ4n) is 4.05. The van der Waals surface area contributed by atoms with Crippen molar-refractivity contribution in [2.75, 3.05) is 10.6 Å². The Labute approximate surface area is 206 Å². The monoisotopic (exact) mass is 502 g/mol. The second-order valence-electron chi connectivity index (χ2n) is 8.30. The number of nitrogens with zero attached hydrogens (tertiary/aromatic N) is 5. The highest BCUT2D eigenvalue weighted by Crippen LogP contribution is 2.37. The number of rotatable bonds is 5. The number of halogens is 3. The molecule has 2 aromatic carbocycles.